The first kappa shape index (κ1) is 19.5. The highest BCUT2D eigenvalue weighted by Crippen LogP contribution is 2.28. The SMILES string of the molecule is CN=C(NCCCOCC1CC1)NCC(=O)N(C)CC(F)(F)F. The maximum atomic E-state index is 12.2. The lowest BCUT2D eigenvalue weighted by Crippen LogP contribution is -2.45. The first-order valence-electron chi connectivity index (χ1n) is 7.65. The van der Waals surface area contributed by atoms with Crippen LogP contribution in [-0.2, 0) is 9.53 Å². The van der Waals surface area contributed by atoms with Crippen LogP contribution < -0.4 is 10.6 Å². The van der Waals surface area contributed by atoms with Crippen LogP contribution in [0.2, 0.25) is 0 Å². The fourth-order valence-electron chi connectivity index (χ4n) is 1.79. The van der Waals surface area contributed by atoms with Crippen LogP contribution in [0.4, 0.5) is 13.2 Å². The number of likely N-dealkylation sites (N-methyl/N-ethyl adjacent to an activating group) is 1. The molecule has 1 aliphatic rings. The van der Waals surface area contributed by atoms with E-state index in [1.807, 2.05) is 0 Å². The Bertz CT molecular complexity index is 398. The Morgan fingerprint density at radius 2 is 2.04 bits per heavy atom. The van der Waals surface area contributed by atoms with Crippen molar-refractivity contribution in [1.29, 1.82) is 0 Å². The number of aliphatic imine (C=N–C) groups is 1. The predicted octanol–water partition coefficient (Wildman–Crippen LogP) is 0.989. The predicted molar refractivity (Wildman–Crippen MR) is 81.2 cm³/mol. The van der Waals surface area contributed by atoms with Crippen LogP contribution in [-0.4, -0.2) is 69.9 Å². The first-order valence-corrected chi connectivity index (χ1v) is 7.65. The zero-order valence-electron chi connectivity index (χ0n) is 13.6. The Hall–Kier alpha value is -1.51. The van der Waals surface area contributed by atoms with Crippen molar-refractivity contribution in [1.82, 2.24) is 15.5 Å². The van der Waals surface area contributed by atoms with Gasteiger partial charge in [-0.2, -0.15) is 13.2 Å². The summed E-state index contributed by atoms with van der Waals surface area (Å²) in [6, 6.07) is 0. The zero-order chi connectivity index (χ0) is 17.3. The highest BCUT2D eigenvalue weighted by molar-refractivity contribution is 5.86. The standard InChI is InChI=1S/C14H25F3N4O2/c1-18-13(19-6-3-7-23-9-11-4-5-11)20-8-12(22)21(2)10-14(15,16)17/h11H,3-10H2,1-2H3,(H2,18,19,20). The Balaban J connectivity index is 2.11. The summed E-state index contributed by atoms with van der Waals surface area (Å²) >= 11 is 0. The summed E-state index contributed by atoms with van der Waals surface area (Å²) in [5.74, 6) is 0.455. The van der Waals surface area contributed by atoms with Crippen molar-refractivity contribution < 1.29 is 22.7 Å². The number of ether oxygens (including phenoxy) is 1. The summed E-state index contributed by atoms with van der Waals surface area (Å²) < 4.78 is 42.1. The van der Waals surface area contributed by atoms with E-state index in [-0.39, 0.29) is 6.54 Å². The van der Waals surface area contributed by atoms with E-state index in [1.54, 1.807) is 0 Å². The fraction of sp³-hybridized carbons (Fsp3) is 0.857. The molecule has 0 unspecified atom stereocenters. The lowest BCUT2D eigenvalue weighted by Gasteiger charge is -2.20. The molecule has 1 rings (SSSR count). The number of nitrogens with zero attached hydrogens (tertiary/aromatic N) is 2. The van der Waals surface area contributed by atoms with E-state index in [2.05, 4.69) is 15.6 Å². The largest absolute Gasteiger partial charge is 0.406 e. The molecule has 0 aromatic heterocycles. The van der Waals surface area contributed by atoms with Gasteiger partial charge in [0.05, 0.1) is 6.54 Å². The molecule has 23 heavy (non-hydrogen) atoms. The van der Waals surface area contributed by atoms with Gasteiger partial charge in [0.2, 0.25) is 5.91 Å². The minimum absolute atomic E-state index is 0.246. The van der Waals surface area contributed by atoms with Crippen molar-refractivity contribution in [2.24, 2.45) is 10.9 Å². The Morgan fingerprint density at radius 3 is 2.61 bits per heavy atom. The van der Waals surface area contributed by atoms with Crippen molar-refractivity contribution >= 4 is 11.9 Å². The van der Waals surface area contributed by atoms with Crippen molar-refractivity contribution in [3.8, 4) is 0 Å². The van der Waals surface area contributed by atoms with Gasteiger partial charge in [-0.1, -0.05) is 0 Å². The number of hydrogen-bond donors (Lipinski definition) is 2. The van der Waals surface area contributed by atoms with Gasteiger partial charge in [-0.05, 0) is 25.2 Å². The van der Waals surface area contributed by atoms with Crippen LogP contribution in [0.1, 0.15) is 19.3 Å². The normalized spacial score (nSPS) is 15.4. The number of carbonyl (C=O) groups is 1. The molecular formula is C14H25F3N4O2. The average molecular weight is 338 g/mol. The number of guanidine groups is 1. The number of carbonyl (C=O) groups excluding carboxylic acids is 1. The van der Waals surface area contributed by atoms with Gasteiger partial charge in [-0.15, -0.1) is 0 Å². The maximum absolute atomic E-state index is 12.2. The molecule has 0 saturated heterocycles. The highest BCUT2D eigenvalue weighted by atomic mass is 19.4. The summed E-state index contributed by atoms with van der Waals surface area (Å²) in [5, 5.41) is 5.68. The molecule has 0 heterocycles. The fourth-order valence-corrected chi connectivity index (χ4v) is 1.79. The van der Waals surface area contributed by atoms with Gasteiger partial charge in [0.15, 0.2) is 5.96 Å². The van der Waals surface area contributed by atoms with E-state index in [0.29, 0.717) is 24.0 Å². The van der Waals surface area contributed by atoms with Crippen LogP contribution in [0.3, 0.4) is 0 Å². The molecule has 1 amide bonds. The number of alkyl halides is 3. The van der Waals surface area contributed by atoms with Gasteiger partial charge in [0, 0.05) is 33.9 Å². The highest BCUT2D eigenvalue weighted by Gasteiger charge is 2.31. The Kier molecular flexibility index (Phi) is 8.15. The molecule has 0 radical (unpaired) electrons. The Labute approximate surface area is 134 Å². The second-order valence-electron chi connectivity index (χ2n) is 5.59. The average Bonchev–Trinajstić information content (AvgIpc) is 3.27. The van der Waals surface area contributed by atoms with Crippen LogP contribution >= 0.6 is 0 Å². The van der Waals surface area contributed by atoms with Crippen LogP contribution in [0, 0.1) is 5.92 Å². The van der Waals surface area contributed by atoms with Crippen LogP contribution in [0.5, 0.6) is 0 Å². The van der Waals surface area contributed by atoms with Gasteiger partial charge in [0.25, 0.3) is 0 Å². The van der Waals surface area contributed by atoms with Crippen molar-refractivity contribution in [2.45, 2.75) is 25.4 Å². The van der Waals surface area contributed by atoms with E-state index in [4.69, 9.17) is 4.74 Å². The quantitative estimate of drug-likeness (QED) is 0.374. The van der Waals surface area contributed by atoms with Gasteiger partial charge in [-0.25, -0.2) is 0 Å². The van der Waals surface area contributed by atoms with E-state index in [9.17, 15) is 18.0 Å². The maximum Gasteiger partial charge on any atom is 0.406 e. The van der Waals surface area contributed by atoms with Gasteiger partial charge >= 0.3 is 6.18 Å². The molecule has 0 aromatic carbocycles. The number of halogens is 3. The summed E-state index contributed by atoms with van der Waals surface area (Å²) in [6.45, 7) is 0.556. The van der Waals surface area contributed by atoms with E-state index in [0.717, 1.165) is 26.0 Å². The minimum atomic E-state index is -4.40. The zero-order valence-corrected chi connectivity index (χ0v) is 13.6. The molecule has 1 aliphatic carbocycles. The van der Waals surface area contributed by atoms with Crippen molar-refractivity contribution in [3.05, 3.63) is 0 Å². The number of hydrogen-bond acceptors (Lipinski definition) is 3. The number of nitrogens with one attached hydrogen (secondary N) is 2. The molecule has 6 nitrogen and oxygen atoms in total. The van der Waals surface area contributed by atoms with Crippen LogP contribution in [0.25, 0.3) is 0 Å². The molecule has 0 atom stereocenters. The molecule has 0 aromatic rings. The lowest BCUT2D eigenvalue weighted by atomic mass is 10.4. The molecule has 0 spiro atoms. The van der Waals surface area contributed by atoms with E-state index >= 15 is 0 Å². The summed E-state index contributed by atoms with van der Waals surface area (Å²) in [4.78, 5) is 16.1. The molecule has 1 fully saturated rings. The first-order chi connectivity index (χ1) is 10.8. The van der Waals surface area contributed by atoms with Crippen LogP contribution in [0.15, 0.2) is 4.99 Å². The summed E-state index contributed by atoms with van der Waals surface area (Å²) in [7, 11) is 2.65. The molecule has 0 bridgehead atoms. The summed E-state index contributed by atoms with van der Waals surface area (Å²) in [5.41, 5.74) is 0. The van der Waals surface area contributed by atoms with E-state index in [1.165, 1.54) is 19.9 Å². The molecule has 134 valence electrons. The number of rotatable bonds is 9. The topological polar surface area (TPSA) is 66.0 Å². The Morgan fingerprint density at radius 1 is 1.35 bits per heavy atom. The van der Waals surface area contributed by atoms with Crippen molar-refractivity contribution in [3.63, 3.8) is 0 Å². The molecule has 2 N–H and O–H groups in total. The molecule has 1 saturated carbocycles. The van der Waals surface area contributed by atoms with E-state index < -0.39 is 18.6 Å². The lowest BCUT2D eigenvalue weighted by molar-refractivity contribution is -0.157. The molecule has 0 aliphatic heterocycles. The smallest absolute Gasteiger partial charge is 0.381 e. The second-order valence-corrected chi connectivity index (χ2v) is 5.59. The van der Waals surface area contributed by atoms with Gasteiger partial charge in [0.1, 0.15) is 6.54 Å². The molecular weight excluding hydrogens is 313 g/mol. The monoisotopic (exact) mass is 338 g/mol. The van der Waals surface area contributed by atoms with Gasteiger partial charge in [-0.3, -0.25) is 9.79 Å². The molecule has 9 heteroatoms. The number of amides is 1. The van der Waals surface area contributed by atoms with Crippen molar-refractivity contribution in [2.75, 3.05) is 46.9 Å². The van der Waals surface area contributed by atoms with Gasteiger partial charge < -0.3 is 20.3 Å². The third kappa shape index (κ3) is 9.98. The second kappa shape index (κ2) is 9.59. The minimum Gasteiger partial charge on any atom is -0.381 e. The summed E-state index contributed by atoms with van der Waals surface area (Å²) in [6.07, 6.45) is -1.10. The third-order valence-electron chi connectivity index (χ3n) is 3.28. The third-order valence-corrected chi connectivity index (χ3v) is 3.28.